The molecule has 1 atom stereocenters. The Balaban J connectivity index is 2.02. The largest absolute Gasteiger partial charge is 0.471 e. The summed E-state index contributed by atoms with van der Waals surface area (Å²) in [5.74, 6) is 0.264. The lowest BCUT2D eigenvalue weighted by atomic mass is 10.2. The van der Waals surface area contributed by atoms with E-state index in [-0.39, 0.29) is 28.2 Å². The highest BCUT2D eigenvalue weighted by molar-refractivity contribution is 8.00. The standard InChI is InChI=1S/C17H14F3N5O2S2/c1-16(2,8-21)27-10-4-12(29(3)26)15(22-6-10)11-7-25-9-23-14(5-13(25)24-11)28-17(18,19)20/h4-7,9H,1-3H3. The van der Waals surface area contributed by atoms with Crippen LogP contribution in [-0.4, -0.2) is 40.9 Å². The van der Waals surface area contributed by atoms with E-state index >= 15 is 0 Å². The molecule has 3 rings (SSSR count). The molecule has 0 amide bonds. The molecule has 7 nitrogen and oxygen atoms in total. The summed E-state index contributed by atoms with van der Waals surface area (Å²) in [4.78, 5) is 12.6. The zero-order valence-corrected chi connectivity index (χ0v) is 17.0. The van der Waals surface area contributed by atoms with Gasteiger partial charge in [-0.3, -0.25) is 8.61 Å². The number of pyridine rings is 1. The van der Waals surface area contributed by atoms with Gasteiger partial charge in [0.2, 0.25) is 0 Å². The Morgan fingerprint density at radius 2 is 2.00 bits per heavy atom. The molecule has 0 fully saturated rings. The van der Waals surface area contributed by atoms with Crippen LogP contribution in [0.4, 0.5) is 13.2 Å². The van der Waals surface area contributed by atoms with Crippen molar-refractivity contribution in [2.24, 2.45) is 0 Å². The van der Waals surface area contributed by atoms with E-state index < -0.39 is 21.9 Å². The maximum atomic E-state index is 12.6. The Bertz CT molecular complexity index is 1140. The van der Waals surface area contributed by atoms with Crippen LogP contribution >= 0.6 is 11.8 Å². The van der Waals surface area contributed by atoms with Gasteiger partial charge in [0.1, 0.15) is 40.2 Å². The van der Waals surface area contributed by atoms with Crippen molar-refractivity contribution in [1.29, 1.82) is 5.26 Å². The Morgan fingerprint density at radius 1 is 1.28 bits per heavy atom. The number of nitriles is 1. The summed E-state index contributed by atoms with van der Waals surface area (Å²) in [6.07, 6.45) is 5.57. The molecule has 0 spiro atoms. The zero-order chi connectivity index (χ0) is 21.4. The van der Waals surface area contributed by atoms with Gasteiger partial charge in [0, 0.05) is 36.3 Å². The zero-order valence-electron chi connectivity index (χ0n) is 15.4. The predicted molar refractivity (Wildman–Crippen MR) is 101 cm³/mol. The molecule has 0 bridgehead atoms. The summed E-state index contributed by atoms with van der Waals surface area (Å²) >= 11 is -0.334. The minimum absolute atomic E-state index is 0.238. The summed E-state index contributed by atoms with van der Waals surface area (Å²) in [6.45, 7) is 3.16. The number of rotatable bonds is 5. The molecule has 3 heterocycles. The smallest absolute Gasteiger partial charge is 0.447 e. The molecule has 0 N–H and O–H groups in total. The number of nitrogens with zero attached hydrogens (tertiary/aromatic N) is 5. The molecule has 0 saturated heterocycles. The third-order valence-electron chi connectivity index (χ3n) is 3.57. The summed E-state index contributed by atoms with van der Waals surface area (Å²) in [5.41, 5.74) is -4.71. The lowest BCUT2D eigenvalue weighted by Gasteiger charge is -2.18. The fraction of sp³-hybridized carbons (Fsp3) is 0.294. The maximum Gasteiger partial charge on any atom is 0.447 e. The monoisotopic (exact) mass is 441 g/mol. The number of alkyl halides is 3. The number of fused-ring (bicyclic) bond motifs is 1. The van der Waals surface area contributed by atoms with Gasteiger partial charge in [-0.25, -0.2) is 15.0 Å². The van der Waals surface area contributed by atoms with Crippen LogP contribution in [0.15, 0.2) is 40.8 Å². The fourth-order valence-corrected chi connectivity index (χ4v) is 3.59. The first-order valence-electron chi connectivity index (χ1n) is 8.02. The first-order chi connectivity index (χ1) is 13.5. The van der Waals surface area contributed by atoms with Crippen molar-refractivity contribution in [2.45, 2.75) is 34.9 Å². The molecule has 0 saturated carbocycles. The number of thioether (sulfide) groups is 1. The number of imidazole rings is 1. The normalized spacial score (nSPS) is 13.3. The molecule has 0 aliphatic carbocycles. The van der Waals surface area contributed by atoms with Crippen LogP contribution in [0.25, 0.3) is 17.0 Å². The highest BCUT2D eigenvalue weighted by atomic mass is 32.2. The summed E-state index contributed by atoms with van der Waals surface area (Å²) < 4.78 is 56.9. The Labute approximate surface area is 170 Å². The molecule has 29 heavy (non-hydrogen) atoms. The van der Waals surface area contributed by atoms with Gasteiger partial charge in [0.25, 0.3) is 0 Å². The molecular formula is C17H14F3N5O2S2. The van der Waals surface area contributed by atoms with Gasteiger partial charge in [-0.05, 0) is 13.8 Å². The van der Waals surface area contributed by atoms with Crippen molar-refractivity contribution in [3.05, 3.63) is 30.9 Å². The van der Waals surface area contributed by atoms with E-state index in [9.17, 15) is 17.4 Å². The first-order valence-corrected chi connectivity index (χ1v) is 10.4. The highest BCUT2D eigenvalue weighted by Gasteiger charge is 2.30. The summed E-state index contributed by atoms with van der Waals surface area (Å²) in [7, 11) is -1.46. The minimum atomic E-state index is -4.46. The van der Waals surface area contributed by atoms with Crippen LogP contribution in [0.2, 0.25) is 0 Å². The van der Waals surface area contributed by atoms with Crippen LogP contribution in [-0.2, 0) is 10.8 Å². The van der Waals surface area contributed by atoms with Crippen molar-refractivity contribution in [3.8, 4) is 23.2 Å². The number of aromatic nitrogens is 4. The van der Waals surface area contributed by atoms with Gasteiger partial charge in [-0.1, -0.05) is 0 Å². The first kappa shape index (κ1) is 21.1. The molecule has 0 aliphatic heterocycles. The molecule has 152 valence electrons. The van der Waals surface area contributed by atoms with Crippen LogP contribution in [0.1, 0.15) is 13.8 Å². The van der Waals surface area contributed by atoms with Crippen LogP contribution in [0, 0.1) is 11.3 Å². The molecule has 0 radical (unpaired) electrons. The number of hydrogen-bond acceptors (Lipinski definition) is 7. The summed E-state index contributed by atoms with van der Waals surface area (Å²) in [6, 6.07) is 4.70. The van der Waals surface area contributed by atoms with E-state index in [0.717, 1.165) is 0 Å². The second-order valence-corrected chi connectivity index (χ2v) is 8.80. The molecule has 12 heteroatoms. The van der Waals surface area contributed by atoms with E-state index in [4.69, 9.17) is 10.00 Å². The molecule has 1 unspecified atom stereocenters. The van der Waals surface area contributed by atoms with Crippen LogP contribution in [0.3, 0.4) is 0 Å². The molecular weight excluding hydrogens is 427 g/mol. The van der Waals surface area contributed by atoms with Gasteiger partial charge in [0.15, 0.2) is 5.60 Å². The quantitative estimate of drug-likeness (QED) is 0.439. The lowest BCUT2D eigenvalue weighted by Crippen LogP contribution is -2.25. The molecule has 3 aromatic heterocycles. The van der Waals surface area contributed by atoms with E-state index in [0.29, 0.717) is 16.3 Å². The Morgan fingerprint density at radius 3 is 2.62 bits per heavy atom. The van der Waals surface area contributed by atoms with Crippen LogP contribution in [0.5, 0.6) is 5.75 Å². The molecule has 3 aromatic rings. The Kier molecular flexibility index (Phi) is 5.55. The maximum absolute atomic E-state index is 12.6. The van der Waals surface area contributed by atoms with E-state index in [1.807, 2.05) is 6.07 Å². The van der Waals surface area contributed by atoms with Gasteiger partial charge >= 0.3 is 5.51 Å². The van der Waals surface area contributed by atoms with E-state index in [2.05, 4.69) is 15.0 Å². The van der Waals surface area contributed by atoms with Gasteiger partial charge < -0.3 is 4.74 Å². The van der Waals surface area contributed by atoms with Crippen molar-refractivity contribution in [1.82, 2.24) is 19.4 Å². The Hall–Kier alpha value is -2.65. The topological polar surface area (TPSA) is 93.2 Å². The van der Waals surface area contributed by atoms with Crippen LogP contribution < -0.4 is 4.74 Å². The second-order valence-electron chi connectivity index (χ2n) is 6.36. The number of halogens is 3. The SMILES string of the molecule is CS(=O)c1cc(OC(C)(C)C#N)cnc1-c1cn2cnc(SC(F)(F)F)cc2n1. The predicted octanol–water partition coefficient (Wildman–Crippen LogP) is 3.82. The average Bonchev–Trinajstić information content (AvgIpc) is 3.03. The van der Waals surface area contributed by atoms with Crippen molar-refractivity contribution in [2.75, 3.05) is 6.26 Å². The summed E-state index contributed by atoms with van der Waals surface area (Å²) in [5, 5.41) is 8.85. The highest BCUT2D eigenvalue weighted by Crippen LogP contribution is 2.36. The number of hydrogen-bond donors (Lipinski definition) is 0. The van der Waals surface area contributed by atoms with Gasteiger partial charge in [-0.2, -0.15) is 18.4 Å². The van der Waals surface area contributed by atoms with E-state index in [1.165, 1.54) is 41.5 Å². The van der Waals surface area contributed by atoms with Crippen molar-refractivity contribution < 1.29 is 22.1 Å². The third-order valence-corrected chi connectivity index (χ3v) is 5.16. The fourth-order valence-electron chi connectivity index (χ4n) is 2.37. The van der Waals surface area contributed by atoms with Gasteiger partial charge in [-0.15, -0.1) is 0 Å². The second kappa shape index (κ2) is 7.64. The molecule has 0 aromatic carbocycles. The van der Waals surface area contributed by atoms with Gasteiger partial charge in [0.05, 0.1) is 21.9 Å². The minimum Gasteiger partial charge on any atom is -0.471 e. The third kappa shape index (κ3) is 5.04. The van der Waals surface area contributed by atoms with Crippen molar-refractivity contribution >= 4 is 28.2 Å². The van der Waals surface area contributed by atoms with Crippen molar-refractivity contribution in [3.63, 3.8) is 0 Å². The van der Waals surface area contributed by atoms with E-state index in [1.54, 1.807) is 13.8 Å². The lowest BCUT2D eigenvalue weighted by molar-refractivity contribution is -0.0329. The average molecular weight is 441 g/mol. The molecule has 0 aliphatic rings. The number of ether oxygens (including phenoxy) is 1.